The van der Waals surface area contributed by atoms with E-state index in [1.54, 1.807) is 38.3 Å². The van der Waals surface area contributed by atoms with Crippen LogP contribution < -0.4 is 15.6 Å². The summed E-state index contributed by atoms with van der Waals surface area (Å²) < 4.78 is 6.55. The van der Waals surface area contributed by atoms with Crippen molar-refractivity contribution in [3.05, 3.63) is 58.3 Å². The molecule has 21 heavy (non-hydrogen) atoms. The summed E-state index contributed by atoms with van der Waals surface area (Å²) in [5.74, 6) is 0.421. The smallest absolute Gasteiger partial charge is 0.256 e. The molecule has 0 atom stereocenters. The van der Waals surface area contributed by atoms with Gasteiger partial charge < -0.3 is 10.1 Å². The summed E-state index contributed by atoms with van der Waals surface area (Å²) in [6, 6.07) is 6.89. The Morgan fingerprint density at radius 1 is 1.43 bits per heavy atom. The van der Waals surface area contributed by atoms with Gasteiger partial charge in [-0.2, -0.15) is 0 Å². The third-order valence-electron chi connectivity index (χ3n) is 3.04. The zero-order valence-corrected chi connectivity index (χ0v) is 12.0. The lowest BCUT2D eigenvalue weighted by atomic mass is 10.2. The minimum atomic E-state index is -0.206. The van der Waals surface area contributed by atoms with Gasteiger partial charge in [-0.1, -0.05) is 6.07 Å². The highest BCUT2D eigenvalue weighted by molar-refractivity contribution is 5.94. The third kappa shape index (κ3) is 3.68. The zero-order valence-electron chi connectivity index (χ0n) is 12.0. The van der Waals surface area contributed by atoms with Crippen LogP contribution in [0, 0.1) is 6.92 Å². The molecule has 0 saturated heterocycles. The van der Waals surface area contributed by atoms with E-state index in [2.05, 4.69) is 10.3 Å². The van der Waals surface area contributed by atoms with Crippen LogP contribution in [0.2, 0.25) is 0 Å². The molecule has 0 unspecified atom stereocenters. The highest BCUT2D eigenvalue weighted by Gasteiger charge is 2.06. The van der Waals surface area contributed by atoms with Crippen LogP contribution in [0.1, 0.15) is 15.9 Å². The lowest BCUT2D eigenvalue weighted by Gasteiger charge is -2.08. The highest BCUT2D eigenvalue weighted by atomic mass is 16.5. The van der Waals surface area contributed by atoms with E-state index in [1.165, 1.54) is 17.1 Å². The number of rotatable bonds is 5. The summed E-state index contributed by atoms with van der Waals surface area (Å²) in [5, 5.41) is 2.76. The Kier molecular flexibility index (Phi) is 4.71. The summed E-state index contributed by atoms with van der Waals surface area (Å²) in [6.45, 7) is 2.44. The molecule has 1 aromatic heterocycles. The summed E-state index contributed by atoms with van der Waals surface area (Å²) in [4.78, 5) is 27.7. The van der Waals surface area contributed by atoms with E-state index >= 15 is 0 Å². The number of methoxy groups -OCH3 is 1. The zero-order chi connectivity index (χ0) is 15.2. The van der Waals surface area contributed by atoms with Crippen LogP contribution in [0.25, 0.3) is 0 Å². The number of benzene rings is 1. The molecule has 0 spiro atoms. The quantitative estimate of drug-likeness (QED) is 0.890. The maximum Gasteiger partial charge on any atom is 0.256 e. The molecule has 0 aliphatic rings. The first-order chi connectivity index (χ1) is 10.1. The first kappa shape index (κ1) is 14.8. The van der Waals surface area contributed by atoms with Gasteiger partial charge in [-0.3, -0.25) is 14.2 Å². The van der Waals surface area contributed by atoms with Crippen LogP contribution in [-0.2, 0) is 6.54 Å². The fourth-order valence-electron chi connectivity index (χ4n) is 1.88. The second-order valence-electron chi connectivity index (χ2n) is 4.56. The molecule has 6 nitrogen and oxygen atoms in total. The van der Waals surface area contributed by atoms with E-state index in [-0.39, 0.29) is 11.5 Å². The first-order valence-corrected chi connectivity index (χ1v) is 6.55. The van der Waals surface area contributed by atoms with Crippen molar-refractivity contribution < 1.29 is 9.53 Å². The summed E-state index contributed by atoms with van der Waals surface area (Å²) >= 11 is 0. The van der Waals surface area contributed by atoms with Gasteiger partial charge in [-0.05, 0) is 25.1 Å². The van der Waals surface area contributed by atoms with Crippen LogP contribution in [0.4, 0.5) is 0 Å². The van der Waals surface area contributed by atoms with E-state index in [0.717, 1.165) is 0 Å². The van der Waals surface area contributed by atoms with Crippen LogP contribution in [0.15, 0.2) is 41.6 Å². The minimum absolute atomic E-state index is 0.0966. The first-order valence-electron chi connectivity index (χ1n) is 6.55. The van der Waals surface area contributed by atoms with Gasteiger partial charge in [0.25, 0.3) is 11.5 Å². The third-order valence-corrected chi connectivity index (χ3v) is 3.04. The van der Waals surface area contributed by atoms with E-state index in [0.29, 0.717) is 30.0 Å². The molecule has 0 radical (unpaired) electrons. The Hall–Kier alpha value is -2.63. The van der Waals surface area contributed by atoms with Crippen LogP contribution >= 0.6 is 0 Å². The molecule has 1 heterocycles. The molecule has 0 aliphatic heterocycles. The second-order valence-corrected chi connectivity index (χ2v) is 4.56. The van der Waals surface area contributed by atoms with Crippen molar-refractivity contribution in [1.29, 1.82) is 0 Å². The predicted molar refractivity (Wildman–Crippen MR) is 78.6 cm³/mol. The van der Waals surface area contributed by atoms with Gasteiger partial charge in [0.15, 0.2) is 0 Å². The fourth-order valence-corrected chi connectivity index (χ4v) is 1.88. The van der Waals surface area contributed by atoms with Crippen LogP contribution in [0.5, 0.6) is 5.75 Å². The van der Waals surface area contributed by atoms with E-state index < -0.39 is 0 Å². The van der Waals surface area contributed by atoms with Gasteiger partial charge >= 0.3 is 0 Å². The molecular weight excluding hydrogens is 270 g/mol. The van der Waals surface area contributed by atoms with Crippen molar-refractivity contribution in [3.8, 4) is 5.75 Å². The monoisotopic (exact) mass is 287 g/mol. The summed E-state index contributed by atoms with van der Waals surface area (Å²) in [5.41, 5.74) is 1.00. The number of aromatic nitrogens is 2. The summed E-state index contributed by atoms with van der Waals surface area (Å²) in [6.07, 6.45) is 2.99. The van der Waals surface area contributed by atoms with Gasteiger partial charge in [0.1, 0.15) is 5.75 Å². The standard InChI is InChI=1S/C15H17N3O3/c1-11-9-16-10-18(15(11)20)7-6-17-14(19)12-4-3-5-13(8-12)21-2/h3-5,8-10H,6-7H2,1-2H3,(H,17,19). The number of carbonyl (C=O) groups excluding carboxylic acids is 1. The molecular formula is C15H17N3O3. The molecule has 110 valence electrons. The van der Waals surface area contributed by atoms with E-state index in [9.17, 15) is 9.59 Å². The van der Waals surface area contributed by atoms with Gasteiger partial charge in [-0.15, -0.1) is 0 Å². The number of aryl methyl sites for hydroxylation is 1. The Bertz CT molecular complexity index is 695. The Balaban J connectivity index is 1.95. The Labute approximate surface area is 122 Å². The SMILES string of the molecule is COc1cccc(C(=O)NCCn2cncc(C)c2=O)c1. The molecule has 0 fully saturated rings. The summed E-state index contributed by atoms with van der Waals surface area (Å²) in [7, 11) is 1.55. The predicted octanol–water partition coefficient (Wildman–Crippen LogP) is 0.990. The number of amides is 1. The van der Waals surface area contributed by atoms with Crippen molar-refractivity contribution in [2.75, 3.05) is 13.7 Å². The molecule has 1 aromatic carbocycles. The van der Waals surface area contributed by atoms with Gasteiger partial charge in [0.05, 0.1) is 13.4 Å². The molecule has 0 aliphatic carbocycles. The number of ether oxygens (including phenoxy) is 1. The maximum absolute atomic E-state index is 12.0. The fraction of sp³-hybridized carbons (Fsp3) is 0.267. The normalized spacial score (nSPS) is 10.2. The number of nitrogens with zero attached hydrogens (tertiary/aromatic N) is 2. The minimum Gasteiger partial charge on any atom is -0.497 e. The largest absolute Gasteiger partial charge is 0.497 e. The Morgan fingerprint density at radius 2 is 2.24 bits per heavy atom. The number of hydrogen-bond acceptors (Lipinski definition) is 4. The van der Waals surface area contributed by atoms with Crippen LogP contribution in [0.3, 0.4) is 0 Å². The molecule has 6 heteroatoms. The lowest BCUT2D eigenvalue weighted by molar-refractivity contribution is 0.0952. The number of hydrogen-bond donors (Lipinski definition) is 1. The second kappa shape index (κ2) is 6.69. The van der Waals surface area contributed by atoms with Gasteiger partial charge in [0.2, 0.25) is 0 Å². The van der Waals surface area contributed by atoms with Crippen molar-refractivity contribution >= 4 is 5.91 Å². The Morgan fingerprint density at radius 3 is 3.00 bits per heavy atom. The van der Waals surface area contributed by atoms with Crippen molar-refractivity contribution in [2.24, 2.45) is 0 Å². The van der Waals surface area contributed by atoms with Gasteiger partial charge in [0, 0.05) is 30.4 Å². The lowest BCUT2D eigenvalue weighted by Crippen LogP contribution is -2.31. The van der Waals surface area contributed by atoms with Gasteiger partial charge in [-0.25, -0.2) is 4.98 Å². The molecule has 2 aromatic rings. The topological polar surface area (TPSA) is 73.2 Å². The maximum atomic E-state index is 12.0. The molecule has 1 amide bonds. The molecule has 0 bridgehead atoms. The average Bonchev–Trinajstić information content (AvgIpc) is 2.51. The molecule has 1 N–H and O–H groups in total. The number of carbonyl (C=O) groups is 1. The van der Waals surface area contributed by atoms with Crippen molar-refractivity contribution in [3.63, 3.8) is 0 Å². The van der Waals surface area contributed by atoms with E-state index in [4.69, 9.17) is 4.74 Å². The van der Waals surface area contributed by atoms with E-state index in [1.807, 2.05) is 0 Å². The highest BCUT2D eigenvalue weighted by Crippen LogP contribution is 2.12. The molecule has 2 rings (SSSR count). The van der Waals surface area contributed by atoms with Crippen molar-refractivity contribution in [2.45, 2.75) is 13.5 Å². The average molecular weight is 287 g/mol. The molecule has 0 saturated carbocycles. The van der Waals surface area contributed by atoms with Crippen molar-refractivity contribution in [1.82, 2.24) is 14.9 Å². The number of nitrogens with one attached hydrogen (secondary N) is 1. The van der Waals surface area contributed by atoms with Crippen LogP contribution in [-0.4, -0.2) is 29.1 Å².